The summed E-state index contributed by atoms with van der Waals surface area (Å²) in [7, 11) is -2.14. The molecule has 1 rings (SSSR count). The monoisotopic (exact) mass is 325 g/mol. The normalized spacial score (nSPS) is 19.9. The van der Waals surface area contributed by atoms with Crippen LogP contribution in [0.25, 0.3) is 0 Å². The minimum absolute atomic E-state index is 0.115. The van der Waals surface area contributed by atoms with E-state index in [4.69, 9.17) is 4.43 Å². The molecule has 1 aliphatic heterocycles. The Morgan fingerprint density at radius 3 is 2.09 bits per heavy atom. The van der Waals surface area contributed by atoms with Crippen molar-refractivity contribution in [2.24, 2.45) is 0 Å². The van der Waals surface area contributed by atoms with E-state index in [-0.39, 0.29) is 18.2 Å². The van der Waals surface area contributed by atoms with Crippen molar-refractivity contribution >= 4 is 20.1 Å². The first-order chi connectivity index (χ1) is 10.2. The van der Waals surface area contributed by atoms with Gasteiger partial charge in [-0.05, 0) is 23.0 Å². The highest BCUT2D eigenvalue weighted by molar-refractivity contribution is 6.77. The zero-order chi connectivity index (χ0) is 17.1. The zero-order valence-corrected chi connectivity index (χ0v) is 15.9. The number of imide groups is 1. The smallest absolute Gasteiger partial charge is 0.257 e. The molecule has 5 heteroatoms. The number of nitrogens with zero attached hydrogens (tertiary/aromatic N) is 1. The average Bonchev–Trinajstić information content (AvgIpc) is 2.67. The molecule has 2 amide bonds. The van der Waals surface area contributed by atoms with Crippen LogP contribution in [-0.4, -0.2) is 37.7 Å². The molecule has 1 fully saturated rings. The van der Waals surface area contributed by atoms with Crippen LogP contribution in [0.3, 0.4) is 0 Å². The predicted octanol–water partition coefficient (Wildman–Crippen LogP) is 3.88. The van der Waals surface area contributed by atoms with Crippen molar-refractivity contribution in [1.29, 1.82) is 0 Å². The third kappa shape index (κ3) is 3.51. The summed E-state index contributed by atoms with van der Waals surface area (Å²) >= 11 is 0. The molecule has 1 heterocycles. The van der Waals surface area contributed by atoms with Gasteiger partial charge in [-0.15, -0.1) is 6.58 Å². The number of likely N-dealkylation sites (tertiary alicyclic amines) is 1. The van der Waals surface area contributed by atoms with E-state index in [0.717, 1.165) is 0 Å². The van der Waals surface area contributed by atoms with Crippen molar-refractivity contribution in [3.8, 4) is 0 Å². The molecule has 0 aromatic carbocycles. The van der Waals surface area contributed by atoms with Gasteiger partial charge in [-0.1, -0.05) is 47.6 Å². The third-order valence-corrected chi connectivity index (χ3v) is 10.9. The average molecular weight is 326 g/mol. The summed E-state index contributed by atoms with van der Waals surface area (Å²) in [5.41, 5.74) is 1.20. The standard InChI is InChI=1S/C17H31NO3Si/c1-8-9-10-18-16(19)11-15(17(18)20)21-22(12(2)3,13(4)5)14(6)7/h8,12-15H,1,9-11H2,2-7H3/t15-/m0/s1. The van der Waals surface area contributed by atoms with Gasteiger partial charge < -0.3 is 4.43 Å². The molecule has 1 atom stereocenters. The molecule has 0 aromatic rings. The fraction of sp³-hybridized carbons (Fsp3) is 0.765. The number of hydrogen-bond donors (Lipinski definition) is 0. The summed E-state index contributed by atoms with van der Waals surface area (Å²) in [6, 6.07) is 0. The maximum absolute atomic E-state index is 12.5. The van der Waals surface area contributed by atoms with Crippen LogP contribution in [0.4, 0.5) is 0 Å². The Morgan fingerprint density at radius 1 is 1.18 bits per heavy atom. The summed E-state index contributed by atoms with van der Waals surface area (Å²) in [6.45, 7) is 17.2. The van der Waals surface area contributed by atoms with Gasteiger partial charge in [0.2, 0.25) is 14.2 Å². The Morgan fingerprint density at radius 2 is 1.68 bits per heavy atom. The van der Waals surface area contributed by atoms with E-state index in [0.29, 0.717) is 29.6 Å². The van der Waals surface area contributed by atoms with E-state index in [2.05, 4.69) is 48.1 Å². The van der Waals surface area contributed by atoms with Gasteiger partial charge >= 0.3 is 0 Å². The molecule has 126 valence electrons. The third-order valence-electron chi connectivity index (χ3n) is 4.81. The van der Waals surface area contributed by atoms with Crippen LogP contribution in [0, 0.1) is 0 Å². The fourth-order valence-electron chi connectivity index (χ4n) is 3.85. The SMILES string of the molecule is C=CCCN1C(=O)C[C@H](O[Si](C(C)C)(C(C)C)C(C)C)C1=O. The van der Waals surface area contributed by atoms with Crippen LogP contribution in [-0.2, 0) is 14.0 Å². The van der Waals surface area contributed by atoms with Crippen molar-refractivity contribution in [3.63, 3.8) is 0 Å². The van der Waals surface area contributed by atoms with Gasteiger partial charge in [0, 0.05) is 6.54 Å². The molecule has 22 heavy (non-hydrogen) atoms. The largest absolute Gasteiger partial charge is 0.404 e. The van der Waals surface area contributed by atoms with Gasteiger partial charge in [0.15, 0.2) is 0 Å². The molecule has 0 saturated carbocycles. The second-order valence-corrected chi connectivity index (χ2v) is 12.5. The minimum atomic E-state index is -2.14. The molecule has 0 bridgehead atoms. The van der Waals surface area contributed by atoms with Crippen LogP contribution in [0.15, 0.2) is 12.7 Å². The molecule has 0 radical (unpaired) electrons. The lowest BCUT2D eigenvalue weighted by Gasteiger charge is -2.43. The quantitative estimate of drug-likeness (QED) is 0.386. The highest BCUT2D eigenvalue weighted by atomic mass is 28.4. The first kappa shape index (κ1) is 19.1. The summed E-state index contributed by atoms with van der Waals surface area (Å²) in [4.78, 5) is 26.0. The molecule has 0 unspecified atom stereocenters. The Balaban J connectivity index is 2.98. The summed E-state index contributed by atoms with van der Waals surface area (Å²) in [5.74, 6) is -0.276. The number of rotatable bonds is 8. The number of hydrogen-bond acceptors (Lipinski definition) is 3. The Kier molecular flexibility index (Phi) is 6.56. The predicted molar refractivity (Wildman–Crippen MR) is 92.1 cm³/mol. The number of carbonyl (C=O) groups is 2. The lowest BCUT2D eigenvalue weighted by molar-refractivity contribution is -0.140. The van der Waals surface area contributed by atoms with Crippen LogP contribution < -0.4 is 0 Å². The van der Waals surface area contributed by atoms with Crippen molar-refractivity contribution in [3.05, 3.63) is 12.7 Å². The molecular formula is C17H31NO3Si. The van der Waals surface area contributed by atoms with Gasteiger partial charge in [0.05, 0.1) is 6.42 Å². The Labute approximate surface area is 136 Å². The number of carbonyl (C=O) groups excluding carboxylic acids is 2. The van der Waals surface area contributed by atoms with Gasteiger partial charge in [0.1, 0.15) is 6.10 Å². The molecule has 4 nitrogen and oxygen atoms in total. The lowest BCUT2D eigenvalue weighted by Crippen LogP contribution is -2.51. The highest BCUT2D eigenvalue weighted by Crippen LogP contribution is 2.44. The molecule has 1 saturated heterocycles. The second kappa shape index (κ2) is 7.55. The lowest BCUT2D eigenvalue weighted by atomic mass is 10.3. The van der Waals surface area contributed by atoms with Crippen LogP contribution in [0.1, 0.15) is 54.4 Å². The zero-order valence-electron chi connectivity index (χ0n) is 14.9. The van der Waals surface area contributed by atoms with Crippen LogP contribution in [0.2, 0.25) is 16.6 Å². The van der Waals surface area contributed by atoms with E-state index >= 15 is 0 Å². The van der Waals surface area contributed by atoms with E-state index in [9.17, 15) is 9.59 Å². The van der Waals surface area contributed by atoms with Crippen molar-refractivity contribution in [2.45, 2.75) is 77.1 Å². The minimum Gasteiger partial charge on any atom is -0.404 e. The first-order valence-corrected chi connectivity index (χ1v) is 10.4. The molecule has 1 aliphatic rings. The molecule has 0 aliphatic carbocycles. The fourth-order valence-corrected chi connectivity index (χ4v) is 9.35. The van der Waals surface area contributed by atoms with E-state index in [1.807, 2.05) is 0 Å². The topological polar surface area (TPSA) is 46.6 Å². The van der Waals surface area contributed by atoms with Gasteiger partial charge in [-0.3, -0.25) is 14.5 Å². The van der Waals surface area contributed by atoms with E-state index in [1.165, 1.54) is 4.90 Å². The van der Waals surface area contributed by atoms with Crippen LogP contribution >= 0.6 is 0 Å². The van der Waals surface area contributed by atoms with Crippen molar-refractivity contribution in [1.82, 2.24) is 4.90 Å². The molecule has 0 N–H and O–H groups in total. The van der Waals surface area contributed by atoms with Gasteiger partial charge in [-0.25, -0.2) is 0 Å². The Hall–Kier alpha value is -0.943. The van der Waals surface area contributed by atoms with Crippen molar-refractivity contribution in [2.75, 3.05) is 6.54 Å². The maximum Gasteiger partial charge on any atom is 0.257 e. The summed E-state index contributed by atoms with van der Waals surface area (Å²) in [6.07, 6.45) is 1.96. The van der Waals surface area contributed by atoms with E-state index < -0.39 is 14.4 Å². The molecule has 0 spiro atoms. The maximum atomic E-state index is 12.5. The van der Waals surface area contributed by atoms with Gasteiger partial charge in [0.25, 0.3) is 5.91 Å². The van der Waals surface area contributed by atoms with Gasteiger partial charge in [-0.2, -0.15) is 0 Å². The molecular weight excluding hydrogens is 294 g/mol. The second-order valence-electron chi connectivity index (χ2n) is 7.09. The molecule has 0 aromatic heterocycles. The van der Waals surface area contributed by atoms with Crippen molar-refractivity contribution < 1.29 is 14.0 Å². The summed E-state index contributed by atoms with van der Waals surface area (Å²) in [5, 5.41) is 0. The van der Waals surface area contributed by atoms with E-state index in [1.54, 1.807) is 6.08 Å². The van der Waals surface area contributed by atoms with Crippen LogP contribution in [0.5, 0.6) is 0 Å². The Bertz CT molecular complexity index is 410. The first-order valence-electron chi connectivity index (χ1n) is 8.31. The summed E-state index contributed by atoms with van der Waals surface area (Å²) < 4.78 is 6.48. The number of amides is 2. The highest BCUT2D eigenvalue weighted by Gasteiger charge is 2.50.